The van der Waals surface area contributed by atoms with Crippen LogP contribution in [-0.4, -0.2) is 29.6 Å². The molecule has 1 fully saturated rings. The minimum absolute atomic E-state index is 0.0770. The summed E-state index contributed by atoms with van der Waals surface area (Å²) in [5.41, 5.74) is 2.55. The Morgan fingerprint density at radius 2 is 1.96 bits per heavy atom. The number of likely N-dealkylation sites (N-methyl/N-ethyl adjacent to an activating group) is 1. The van der Waals surface area contributed by atoms with Gasteiger partial charge in [-0.15, -0.1) is 0 Å². The van der Waals surface area contributed by atoms with Crippen LogP contribution in [0.5, 0.6) is 5.75 Å². The van der Waals surface area contributed by atoms with Crippen LogP contribution in [-0.2, 0) is 4.79 Å². The number of carbonyl (C=O) groups is 1. The van der Waals surface area contributed by atoms with E-state index in [1.807, 2.05) is 38.1 Å². The molecule has 0 bridgehead atoms. The molecule has 134 valence electrons. The van der Waals surface area contributed by atoms with Crippen molar-refractivity contribution in [3.05, 3.63) is 64.3 Å². The smallest absolute Gasteiger partial charge is 0.266 e. The van der Waals surface area contributed by atoms with Crippen LogP contribution in [0.4, 0.5) is 10.1 Å². The van der Waals surface area contributed by atoms with Crippen LogP contribution in [0.1, 0.15) is 18.1 Å². The Morgan fingerprint density at radius 3 is 2.58 bits per heavy atom. The van der Waals surface area contributed by atoms with Crippen molar-refractivity contribution in [2.45, 2.75) is 13.8 Å². The minimum Gasteiger partial charge on any atom is -0.496 e. The standard InChI is InChI=1S/C20H19FN2O2S/c1-4-23-19(24)18(12-14-5-10-17(25-3)13(2)11-14)26-20(23)22-16-8-6-15(21)7-9-16/h5-12H,4H2,1-3H3/b18-12+,22-20?. The van der Waals surface area contributed by atoms with Gasteiger partial charge >= 0.3 is 0 Å². The van der Waals surface area contributed by atoms with Crippen LogP contribution in [0, 0.1) is 12.7 Å². The summed E-state index contributed by atoms with van der Waals surface area (Å²) in [4.78, 5) is 19.4. The zero-order valence-corrected chi connectivity index (χ0v) is 15.6. The fourth-order valence-corrected chi connectivity index (χ4v) is 3.70. The number of amides is 1. The van der Waals surface area contributed by atoms with Crippen LogP contribution in [0.25, 0.3) is 6.08 Å². The molecule has 0 saturated carbocycles. The third-order valence-corrected chi connectivity index (χ3v) is 4.98. The SMILES string of the molecule is CCN1C(=O)/C(=C\c2ccc(OC)c(C)c2)SC1=Nc1ccc(F)cc1. The minimum atomic E-state index is -0.313. The third-order valence-electron chi connectivity index (χ3n) is 3.97. The first-order chi connectivity index (χ1) is 12.5. The highest BCUT2D eigenvalue weighted by atomic mass is 32.2. The van der Waals surface area contributed by atoms with Crippen molar-refractivity contribution in [1.29, 1.82) is 0 Å². The van der Waals surface area contributed by atoms with Crippen molar-refractivity contribution < 1.29 is 13.9 Å². The topological polar surface area (TPSA) is 41.9 Å². The predicted molar refractivity (Wildman–Crippen MR) is 104 cm³/mol. The van der Waals surface area contributed by atoms with Gasteiger partial charge in [0.15, 0.2) is 5.17 Å². The number of carbonyl (C=O) groups excluding carboxylic acids is 1. The van der Waals surface area contributed by atoms with Gasteiger partial charge in [-0.1, -0.05) is 6.07 Å². The molecule has 6 heteroatoms. The van der Waals surface area contributed by atoms with Gasteiger partial charge in [-0.05, 0) is 79.2 Å². The Kier molecular flexibility index (Phi) is 5.42. The molecule has 0 radical (unpaired) electrons. The van der Waals surface area contributed by atoms with E-state index in [1.165, 1.54) is 23.9 Å². The summed E-state index contributed by atoms with van der Waals surface area (Å²) < 4.78 is 18.3. The van der Waals surface area contributed by atoms with E-state index < -0.39 is 0 Å². The fraction of sp³-hybridized carbons (Fsp3) is 0.200. The lowest BCUT2D eigenvalue weighted by Gasteiger charge is -2.11. The molecular weight excluding hydrogens is 351 g/mol. The molecule has 0 N–H and O–H groups in total. The fourth-order valence-electron chi connectivity index (χ4n) is 2.64. The zero-order valence-electron chi connectivity index (χ0n) is 14.8. The molecule has 1 aliphatic heterocycles. The number of benzene rings is 2. The molecule has 4 nitrogen and oxygen atoms in total. The van der Waals surface area contributed by atoms with Crippen molar-refractivity contribution in [1.82, 2.24) is 4.90 Å². The average Bonchev–Trinajstić information content (AvgIpc) is 2.91. The molecule has 0 unspecified atom stereocenters. The maximum Gasteiger partial charge on any atom is 0.266 e. The number of hydrogen-bond donors (Lipinski definition) is 0. The molecule has 1 heterocycles. The number of thioether (sulfide) groups is 1. The van der Waals surface area contributed by atoms with E-state index in [4.69, 9.17) is 4.74 Å². The lowest BCUT2D eigenvalue weighted by Crippen LogP contribution is -2.28. The summed E-state index contributed by atoms with van der Waals surface area (Å²) >= 11 is 1.32. The first kappa shape index (κ1) is 18.2. The number of methoxy groups -OCH3 is 1. The van der Waals surface area contributed by atoms with Crippen molar-refractivity contribution in [2.75, 3.05) is 13.7 Å². The summed E-state index contributed by atoms with van der Waals surface area (Å²) in [6.45, 7) is 4.38. The summed E-state index contributed by atoms with van der Waals surface area (Å²) in [5.74, 6) is 0.421. The van der Waals surface area contributed by atoms with Gasteiger partial charge in [0.25, 0.3) is 5.91 Å². The summed E-state index contributed by atoms with van der Waals surface area (Å²) in [7, 11) is 1.63. The van der Waals surface area contributed by atoms with E-state index in [0.29, 0.717) is 22.3 Å². The maximum absolute atomic E-state index is 13.1. The lowest BCUT2D eigenvalue weighted by atomic mass is 10.1. The highest BCUT2D eigenvalue weighted by Gasteiger charge is 2.32. The summed E-state index contributed by atoms with van der Waals surface area (Å²) in [6.07, 6.45) is 1.86. The molecule has 0 aromatic heterocycles. The molecule has 3 rings (SSSR count). The number of amidine groups is 1. The largest absolute Gasteiger partial charge is 0.496 e. The zero-order chi connectivity index (χ0) is 18.7. The summed E-state index contributed by atoms with van der Waals surface area (Å²) in [6, 6.07) is 11.7. The number of nitrogens with zero attached hydrogens (tertiary/aromatic N) is 2. The Hall–Kier alpha value is -2.60. The van der Waals surface area contributed by atoms with E-state index >= 15 is 0 Å². The van der Waals surface area contributed by atoms with Crippen LogP contribution in [0.3, 0.4) is 0 Å². The first-order valence-corrected chi connectivity index (χ1v) is 9.03. The number of hydrogen-bond acceptors (Lipinski definition) is 4. The van der Waals surface area contributed by atoms with Crippen molar-refractivity contribution in [3.63, 3.8) is 0 Å². The average molecular weight is 370 g/mol. The van der Waals surface area contributed by atoms with Crippen molar-refractivity contribution >= 4 is 34.6 Å². The highest BCUT2D eigenvalue weighted by Crippen LogP contribution is 2.34. The second-order valence-corrected chi connectivity index (χ2v) is 6.77. The number of halogens is 1. The van der Waals surface area contributed by atoms with E-state index in [0.717, 1.165) is 16.9 Å². The number of rotatable bonds is 4. The quantitative estimate of drug-likeness (QED) is 0.728. The molecular formula is C20H19FN2O2S. The van der Waals surface area contributed by atoms with E-state index in [2.05, 4.69) is 4.99 Å². The third kappa shape index (κ3) is 3.80. The summed E-state index contributed by atoms with van der Waals surface area (Å²) in [5, 5.41) is 0.598. The van der Waals surface area contributed by atoms with Gasteiger partial charge in [-0.25, -0.2) is 9.38 Å². The molecule has 1 amide bonds. The second-order valence-electron chi connectivity index (χ2n) is 5.76. The van der Waals surface area contributed by atoms with Crippen LogP contribution in [0.2, 0.25) is 0 Å². The van der Waals surface area contributed by atoms with Gasteiger partial charge in [0, 0.05) is 6.54 Å². The Labute approximate surface area is 156 Å². The van der Waals surface area contributed by atoms with Gasteiger partial charge in [0.1, 0.15) is 11.6 Å². The van der Waals surface area contributed by atoms with E-state index in [9.17, 15) is 9.18 Å². The van der Waals surface area contributed by atoms with Crippen LogP contribution < -0.4 is 4.74 Å². The predicted octanol–water partition coefficient (Wildman–Crippen LogP) is 4.77. The van der Waals surface area contributed by atoms with Crippen molar-refractivity contribution in [3.8, 4) is 5.75 Å². The number of ether oxygens (including phenoxy) is 1. The Bertz CT molecular complexity index is 891. The van der Waals surface area contributed by atoms with Crippen LogP contribution >= 0.6 is 11.8 Å². The normalized spacial score (nSPS) is 17.4. The monoisotopic (exact) mass is 370 g/mol. The van der Waals surface area contributed by atoms with Gasteiger partial charge in [-0.2, -0.15) is 0 Å². The molecule has 1 saturated heterocycles. The second kappa shape index (κ2) is 7.74. The highest BCUT2D eigenvalue weighted by molar-refractivity contribution is 8.18. The molecule has 1 aliphatic rings. The molecule has 2 aromatic rings. The van der Waals surface area contributed by atoms with Gasteiger partial charge in [-0.3, -0.25) is 9.69 Å². The molecule has 0 spiro atoms. The van der Waals surface area contributed by atoms with E-state index in [1.54, 1.807) is 24.1 Å². The van der Waals surface area contributed by atoms with Crippen molar-refractivity contribution in [2.24, 2.45) is 4.99 Å². The van der Waals surface area contributed by atoms with Gasteiger partial charge in [0.05, 0.1) is 17.7 Å². The first-order valence-electron chi connectivity index (χ1n) is 8.22. The molecule has 26 heavy (non-hydrogen) atoms. The number of aryl methyl sites for hydroxylation is 1. The van der Waals surface area contributed by atoms with Crippen LogP contribution in [0.15, 0.2) is 52.4 Å². The van der Waals surface area contributed by atoms with Gasteiger partial charge in [0.2, 0.25) is 0 Å². The lowest BCUT2D eigenvalue weighted by molar-refractivity contribution is -0.122. The Balaban J connectivity index is 1.91. The molecule has 2 aromatic carbocycles. The van der Waals surface area contributed by atoms with E-state index in [-0.39, 0.29) is 11.7 Å². The molecule has 0 atom stereocenters. The molecule has 0 aliphatic carbocycles. The Morgan fingerprint density at radius 1 is 1.23 bits per heavy atom. The number of aliphatic imine (C=N–C) groups is 1. The van der Waals surface area contributed by atoms with Gasteiger partial charge < -0.3 is 4.74 Å². The maximum atomic E-state index is 13.1.